The van der Waals surface area contributed by atoms with Gasteiger partial charge in [-0.15, -0.1) is 0 Å². The summed E-state index contributed by atoms with van der Waals surface area (Å²) in [5.74, 6) is 0. The van der Waals surface area contributed by atoms with Gasteiger partial charge in [0, 0.05) is 5.69 Å². The Morgan fingerprint density at radius 2 is 1.29 bits per heavy atom. The molecule has 0 heterocycles. The van der Waals surface area contributed by atoms with Gasteiger partial charge in [0.05, 0.1) is 45.2 Å². The lowest BCUT2D eigenvalue weighted by Gasteiger charge is -2.08. The van der Waals surface area contributed by atoms with E-state index in [4.69, 9.17) is 16.3 Å². The number of hydrogen-bond acceptors (Lipinski definition) is 5. The van der Waals surface area contributed by atoms with Crippen molar-refractivity contribution in [2.75, 3.05) is 5.73 Å². The van der Waals surface area contributed by atoms with Gasteiger partial charge in [0.2, 0.25) is 0 Å². The van der Waals surface area contributed by atoms with Crippen LogP contribution in [0, 0.1) is 22.7 Å². The van der Waals surface area contributed by atoms with Crippen molar-refractivity contribution in [3.05, 3.63) is 58.7 Å². The fourth-order valence-corrected chi connectivity index (χ4v) is 1.99. The van der Waals surface area contributed by atoms with Gasteiger partial charge in [0.1, 0.15) is 0 Å². The molecule has 0 amide bonds. The van der Waals surface area contributed by atoms with Crippen LogP contribution in [0.5, 0.6) is 0 Å². The number of rotatable bonds is 1. The predicted molar refractivity (Wildman–Crippen MR) is 91.4 cm³/mol. The van der Waals surface area contributed by atoms with Crippen LogP contribution in [0.3, 0.4) is 0 Å². The third kappa shape index (κ3) is 6.09. The maximum Gasteiger partial charge on any atom is 0.417 e. The van der Waals surface area contributed by atoms with Crippen LogP contribution >= 0.6 is 12.2 Å². The highest BCUT2D eigenvalue weighted by Gasteiger charge is 2.34. The fourth-order valence-electron chi connectivity index (χ4n) is 1.88. The first-order valence-electron chi connectivity index (χ1n) is 7.00. The maximum atomic E-state index is 12.4. The molecule has 0 spiro atoms. The van der Waals surface area contributed by atoms with E-state index < -0.39 is 34.6 Å². The Balaban J connectivity index is 0.000000283. The minimum Gasteiger partial charge on any atom is -0.399 e. The van der Waals surface area contributed by atoms with Crippen LogP contribution in [0.1, 0.15) is 22.3 Å². The molecule has 0 unspecified atom stereocenters. The van der Waals surface area contributed by atoms with Gasteiger partial charge in [-0.2, -0.15) is 41.9 Å². The number of isothiocyanates is 1. The number of aliphatic imine (C=N–C) groups is 1. The highest BCUT2D eigenvalue weighted by atomic mass is 32.1. The summed E-state index contributed by atoms with van der Waals surface area (Å²) in [5.41, 5.74) is 2.32. The van der Waals surface area contributed by atoms with E-state index in [2.05, 4.69) is 17.2 Å². The Bertz CT molecular complexity index is 993. The van der Waals surface area contributed by atoms with Crippen molar-refractivity contribution >= 4 is 28.8 Å². The van der Waals surface area contributed by atoms with Crippen molar-refractivity contribution in [2.24, 2.45) is 4.99 Å². The molecule has 2 N–H and O–H groups in total. The van der Waals surface area contributed by atoms with E-state index in [1.807, 2.05) is 5.16 Å². The summed E-state index contributed by atoms with van der Waals surface area (Å²) in [4.78, 5) is 3.41. The molecule has 0 saturated heterocycles. The first-order chi connectivity index (χ1) is 12.9. The normalized spacial score (nSPS) is 10.6. The first kappa shape index (κ1) is 22.6. The lowest BCUT2D eigenvalue weighted by atomic mass is 10.1. The van der Waals surface area contributed by atoms with Crippen molar-refractivity contribution in [1.82, 2.24) is 0 Å². The number of halogens is 6. The highest BCUT2D eigenvalue weighted by Crippen LogP contribution is 2.34. The molecule has 28 heavy (non-hydrogen) atoms. The second kappa shape index (κ2) is 9.00. The van der Waals surface area contributed by atoms with Crippen molar-refractivity contribution < 1.29 is 26.3 Å². The minimum absolute atomic E-state index is 0.00803. The number of thiocarbonyl (C=S) groups is 1. The van der Waals surface area contributed by atoms with Crippen LogP contribution in [0.25, 0.3) is 0 Å². The summed E-state index contributed by atoms with van der Waals surface area (Å²) in [6.07, 6.45) is -9.10. The van der Waals surface area contributed by atoms with E-state index in [1.165, 1.54) is 24.3 Å². The van der Waals surface area contributed by atoms with Gasteiger partial charge in [-0.3, -0.25) is 0 Å². The molecule has 0 atom stereocenters. The van der Waals surface area contributed by atoms with Gasteiger partial charge in [-0.05, 0) is 48.6 Å². The number of benzene rings is 2. The van der Waals surface area contributed by atoms with Gasteiger partial charge in [0.25, 0.3) is 0 Å². The summed E-state index contributed by atoms with van der Waals surface area (Å²) in [6, 6.07) is 9.06. The lowest BCUT2D eigenvalue weighted by molar-refractivity contribution is -0.138. The van der Waals surface area contributed by atoms with Crippen LogP contribution in [0.4, 0.5) is 37.7 Å². The zero-order valence-corrected chi connectivity index (χ0v) is 14.4. The second-order valence-corrected chi connectivity index (χ2v) is 5.14. The Hall–Kier alpha value is -3.40. The Morgan fingerprint density at radius 1 is 0.821 bits per heavy atom. The Morgan fingerprint density at radius 3 is 1.71 bits per heavy atom. The zero-order chi connectivity index (χ0) is 21.5. The molecule has 0 aromatic heterocycles. The fraction of sp³-hybridized carbons (Fsp3) is 0.118. The summed E-state index contributed by atoms with van der Waals surface area (Å²) in [5, 5.41) is 18.8. The largest absolute Gasteiger partial charge is 0.417 e. The minimum atomic E-state index is -4.57. The molecule has 2 aromatic rings. The second-order valence-electron chi connectivity index (χ2n) is 4.96. The number of nitrogens with zero attached hydrogens (tertiary/aromatic N) is 3. The molecular weight excluding hydrogens is 406 g/mol. The molecule has 0 radical (unpaired) electrons. The molecule has 144 valence electrons. The lowest BCUT2D eigenvalue weighted by Crippen LogP contribution is -2.08. The molecule has 2 rings (SSSR count). The van der Waals surface area contributed by atoms with E-state index in [1.54, 1.807) is 0 Å². The van der Waals surface area contributed by atoms with Gasteiger partial charge >= 0.3 is 12.4 Å². The van der Waals surface area contributed by atoms with Crippen molar-refractivity contribution in [3.63, 3.8) is 0 Å². The van der Waals surface area contributed by atoms with Crippen molar-refractivity contribution in [2.45, 2.75) is 12.4 Å². The molecule has 2 aromatic carbocycles. The third-order valence-electron chi connectivity index (χ3n) is 3.07. The van der Waals surface area contributed by atoms with Crippen molar-refractivity contribution in [3.8, 4) is 12.1 Å². The number of alkyl halides is 6. The summed E-state index contributed by atoms with van der Waals surface area (Å²) in [6.45, 7) is 0. The smallest absolute Gasteiger partial charge is 0.399 e. The topological polar surface area (TPSA) is 86.0 Å². The van der Waals surface area contributed by atoms with E-state index >= 15 is 0 Å². The molecule has 0 saturated carbocycles. The standard InChI is InChI=1S/C9H3F3N2S.C8H5F3N2/c10-9(11,12)8-3-7(14-5-15)2-1-6(8)4-13;9-8(10,11)7-3-6(13)2-1-5(7)4-12/h1-3H;1-3H,13H2. The molecule has 4 nitrogen and oxygen atoms in total. The zero-order valence-electron chi connectivity index (χ0n) is 13.6. The predicted octanol–water partition coefficient (Wildman–Crippen LogP) is 5.47. The molecule has 11 heteroatoms. The monoisotopic (exact) mass is 414 g/mol. The summed E-state index contributed by atoms with van der Waals surface area (Å²) in [7, 11) is 0. The van der Waals surface area contributed by atoms with Crippen LogP contribution in [0.15, 0.2) is 41.4 Å². The third-order valence-corrected chi connectivity index (χ3v) is 3.16. The average Bonchev–Trinajstić information content (AvgIpc) is 2.61. The molecule has 0 fully saturated rings. The SMILES string of the molecule is N#Cc1ccc(N)cc1C(F)(F)F.N#Cc1ccc(N=C=S)cc1C(F)(F)F. The summed E-state index contributed by atoms with van der Waals surface area (Å²) >= 11 is 4.27. The number of nitrogen functional groups attached to an aromatic ring is 1. The van der Waals surface area contributed by atoms with Gasteiger partial charge in [-0.1, -0.05) is 0 Å². The van der Waals surface area contributed by atoms with Gasteiger partial charge in [-0.25, -0.2) is 0 Å². The molecule has 0 aliphatic heterocycles. The first-order valence-corrected chi connectivity index (χ1v) is 7.41. The van der Waals surface area contributed by atoms with Gasteiger partial charge < -0.3 is 5.73 Å². The quantitative estimate of drug-likeness (QED) is 0.290. The van der Waals surface area contributed by atoms with Crippen molar-refractivity contribution in [1.29, 1.82) is 10.5 Å². The van der Waals surface area contributed by atoms with E-state index in [0.717, 1.165) is 24.3 Å². The maximum absolute atomic E-state index is 12.4. The van der Waals surface area contributed by atoms with Crippen LogP contribution in [-0.2, 0) is 12.4 Å². The van der Waals surface area contributed by atoms with E-state index in [-0.39, 0.29) is 11.4 Å². The highest BCUT2D eigenvalue weighted by molar-refractivity contribution is 7.78. The Kier molecular flexibility index (Phi) is 7.28. The number of nitriles is 2. The summed E-state index contributed by atoms with van der Waals surface area (Å²) < 4.78 is 73.9. The number of hydrogen-bond donors (Lipinski definition) is 1. The molecule has 0 bridgehead atoms. The number of nitrogens with two attached hydrogens (primary N) is 1. The molecule has 0 aliphatic carbocycles. The van der Waals surface area contributed by atoms with E-state index in [9.17, 15) is 26.3 Å². The van der Waals surface area contributed by atoms with E-state index in [0.29, 0.717) is 0 Å². The van der Waals surface area contributed by atoms with Crippen LogP contribution in [0.2, 0.25) is 0 Å². The van der Waals surface area contributed by atoms with Crippen LogP contribution < -0.4 is 5.73 Å². The average molecular weight is 414 g/mol. The van der Waals surface area contributed by atoms with Crippen LogP contribution in [-0.4, -0.2) is 5.16 Å². The number of anilines is 1. The van der Waals surface area contributed by atoms with Gasteiger partial charge in [0.15, 0.2) is 0 Å². The molecule has 0 aliphatic rings. The Labute approximate surface area is 160 Å². The molecular formula is C17H8F6N4S.